The maximum Gasteiger partial charge on any atom is 0.254 e. The van der Waals surface area contributed by atoms with Crippen molar-refractivity contribution in [3.05, 3.63) is 83.9 Å². The summed E-state index contributed by atoms with van der Waals surface area (Å²) in [7, 11) is 0. The standard InChI is InChI=1S/C22H18FN5O2/c23-15-4-1-3-13(11-15)12-18(20(24)29)27-22(30)16-5-2-6-17-19(16)28-21(26-17)14-7-9-25-10-8-14/h1-11,18H,12H2,(H2,24,29)(H,26,28)(H,27,30). The molecule has 4 aromatic rings. The van der Waals surface area contributed by atoms with Gasteiger partial charge in [-0.3, -0.25) is 14.6 Å². The fourth-order valence-electron chi connectivity index (χ4n) is 3.22. The van der Waals surface area contributed by atoms with Gasteiger partial charge >= 0.3 is 0 Å². The van der Waals surface area contributed by atoms with Crippen molar-refractivity contribution in [2.24, 2.45) is 5.73 Å². The van der Waals surface area contributed by atoms with Crippen molar-refractivity contribution >= 4 is 22.8 Å². The second kappa shape index (κ2) is 8.12. The van der Waals surface area contributed by atoms with Gasteiger partial charge in [-0.15, -0.1) is 0 Å². The number of halogens is 1. The predicted octanol–water partition coefficient (Wildman–Crippen LogP) is 2.59. The lowest BCUT2D eigenvalue weighted by Gasteiger charge is -2.16. The lowest BCUT2D eigenvalue weighted by molar-refractivity contribution is -0.119. The summed E-state index contributed by atoms with van der Waals surface area (Å²) in [6, 6.07) is 13.6. The molecule has 2 aromatic heterocycles. The van der Waals surface area contributed by atoms with Crippen molar-refractivity contribution in [2.75, 3.05) is 0 Å². The SMILES string of the molecule is NC(=O)C(Cc1cccc(F)c1)NC(=O)c1cccc2[nH]c(-c3ccncc3)nc12. The zero-order valence-electron chi connectivity index (χ0n) is 15.8. The van der Waals surface area contributed by atoms with Crippen molar-refractivity contribution in [2.45, 2.75) is 12.5 Å². The lowest BCUT2D eigenvalue weighted by Crippen LogP contribution is -2.45. The highest BCUT2D eigenvalue weighted by Crippen LogP contribution is 2.22. The number of fused-ring (bicyclic) bond motifs is 1. The number of nitrogens with one attached hydrogen (secondary N) is 2. The monoisotopic (exact) mass is 403 g/mol. The number of imidazole rings is 1. The van der Waals surface area contributed by atoms with Crippen molar-refractivity contribution in [1.29, 1.82) is 0 Å². The molecule has 0 spiro atoms. The zero-order valence-corrected chi connectivity index (χ0v) is 15.8. The molecule has 8 heteroatoms. The van der Waals surface area contributed by atoms with Crippen LogP contribution in [0.25, 0.3) is 22.4 Å². The smallest absolute Gasteiger partial charge is 0.254 e. The number of amides is 2. The van der Waals surface area contributed by atoms with Gasteiger partial charge in [-0.25, -0.2) is 9.37 Å². The molecule has 1 unspecified atom stereocenters. The molecule has 0 aliphatic carbocycles. The Kier molecular flexibility index (Phi) is 5.21. The van der Waals surface area contributed by atoms with Crippen molar-refractivity contribution < 1.29 is 14.0 Å². The summed E-state index contributed by atoms with van der Waals surface area (Å²) in [5.74, 6) is -1.03. The highest BCUT2D eigenvalue weighted by Gasteiger charge is 2.22. The number of rotatable bonds is 6. The molecular formula is C22H18FN5O2. The first kappa shape index (κ1) is 19.3. The molecular weight excluding hydrogens is 385 g/mol. The first-order valence-electron chi connectivity index (χ1n) is 9.25. The van der Waals surface area contributed by atoms with E-state index in [2.05, 4.69) is 20.3 Å². The quantitative estimate of drug-likeness (QED) is 0.459. The van der Waals surface area contributed by atoms with Crippen LogP contribution in [0.4, 0.5) is 4.39 Å². The topological polar surface area (TPSA) is 114 Å². The minimum atomic E-state index is -0.992. The molecule has 4 rings (SSSR count). The van der Waals surface area contributed by atoms with E-state index in [4.69, 9.17) is 5.73 Å². The van der Waals surface area contributed by atoms with Gasteiger partial charge < -0.3 is 16.0 Å². The molecule has 0 bridgehead atoms. The Morgan fingerprint density at radius 2 is 1.87 bits per heavy atom. The minimum absolute atomic E-state index is 0.0810. The first-order chi connectivity index (χ1) is 14.5. The van der Waals surface area contributed by atoms with Gasteiger partial charge in [-0.1, -0.05) is 18.2 Å². The van der Waals surface area contributed by atoms with Crippen molar-refractivity contribution in [1.82, 2.24) is 20.3 Å². The van der Waals surface area contributed by atoms with E-state index in [1.54, 1.807) is 42.7 Å². The number of aromatic amines is 1. The Balaban J connectivity index is 1.61. The summed E-state index contributed by atoms with van der Waals surface area (Å²) < 4.78 is 13.4. The highest BCUT2D eigenvalue weighted by atomic mass is 19.1. The second-order valence-electron chi connectivity index (χ2n) is 6.79. The summed E-state index contributed by atoms with van der Waals surface area (Å²) in [6.45, 7) is 0. The Morgan fingerprint density at radius 1 is 1.10 bits per heavy atom. The van der Waals surface area contributed by atoms with Crippen LogP contribution in [0.5, 0.6) is 0 Å². The second-order valence-corrected chi connectivity index (χ2v) is 6.79. The lowest BCUT2D eigenvalue weighted by atomic mass is 10.0. The van der Waals surface area contributed by atoms with E-state index >= 15 is 0 Å². The number of H-pyrrole nitrogens is 1. The maximum absolute atomic E-state index is 13.4. The zero-order chi connectivity index (χ0) is 21.1. The van der Waals surface area contributed by atoms with Crippen LogP contribution in [0, 0.1) is 5.82 Å². The van der Waals surface area contributed by atoms with Gasteiger partial charge in [-0.2, -0.15) is 0 Å². The van der Waals surface area contributed by atoms with Gasteiger partial charge in [-0.05, 0) is 42.0 Å². The van der Waals surface area contributed by atoms with E-state index in [-0.39, 0.29) is 6.42 Å². The average molecular weight is 403 g/mol. The van der Waals surface area contributed by atoms with E-state index in [0.717, 1.165) is 5.56 Å². The normalized spacial score (nSPS) is 11.9. The van der Waals surface area contributed by atoms with Crippen LogP contribution < -0.4 is 11.1 Å². The number of para-hydroxylation sites is 1. The van der Waals surface area contributed by atoms with Gasteiger partial charge in [0.05, 0.1) is 11.1 Å². The van der Waals surface area contributed by atoms with Gasteiger partial charge in [0, 0.05) is 24.4 Å². The van der Waals surface area contributed by atoms with Gasteiger partial charge in [0.2, 0.25) is 5.91 Å². The number of carbonyl (C=O) groups excluding carboxylic acids is 2. The van der Waals surface area contributed by atoms with Crippen LogP contribution in [0.2, 0.25) is 0 Å². The number of benzene rings is 2. The molecule has 0 radical (unpaired) electrons. The van der Waals surface area contributed by atoms with Crippen LogP contribution in [0.3, 0.4) is 0 Å². The summed E-state index contributed by atoms with van der Waals surface area (Å²) in [5, 5.41) is 2.64. The number of aromatic nitrogens is 3. The third kappa shape index (κ3) is 4.02. The fourth-order valence-corrected chi connectivity index (χ4v) is 3.22. The Morgan fingerprint density at radius 3 is 2.60 bits per heavy atom. The van der Waals surface area contributed by atoms with Crippen LogP contribution in [-0.4, -0.2) is 32.8 Å². The predicted molar refractivity (Wildman–Crippen MR) is 110 cm³/mol. The minimum Gasteiger partial charge on any atom is -0.368 e. The van der Waals surface area contributed by atoms with E-state index in [1.807, 2.05) is 6.07 Å². The van der Waals surface area contributed by atoms with E-state index in [9.17, 15) is 14.0 Å². The van der Waals surface area contributed by atoms with E-state index < -0.39 is 23.7 Å². The number of nitrogens with zero attached hydrogens (tertiary/aromatic N) is 2. The van der Waals surface area contributed by atoms with Crippen LogP contribution >= 0.6 is 0 Å². The molecule has 4 N–H and O–H groups in total. The molecule has 7 nitrogen and oxygen atoms in total. The molecule has 0 saturated heterocycles. The van der Waals surface area contributed by atoms with Gasteiger partial charge in [0.15, 0.2) is 0 Å². The number of pyridine rings is 1. The Bertz CT molecular complexity index is 1220. The fraction of sp³-hybridized carbons (Fsp3) is 0.0909. The highest BCUT2D eigenvalue weighted by molar-refractivity contribution is 6.06. The van der Waals surface area contributed by atoms with Gasteiger partial charge in [0.1, 0.15) is 23.2 Å². The average Bonchev–Trinajstić information content (AvgIpc) is 3.18. The van der Waals surface area contributed by atoms with Crippen molar-refractivity contribution in [3.8, 4) is 11.4 Å². The van der Waals surface area contributed by atoms with E-state index in [0.29, 0.717) is 28.0 Å². The molecule has 2 aromatic carbocycles. The Hall–Kier alpha value is -4.07. The largest absolute Gasteiger partial charge is 0.368 e. The molecule has 0 saturated carbocycles. The summed E-state index contributed by atoms with van der Waals surface area (Å²) in [4.78, 5) is 36.5. The Labute approximate surface area is 171 Å². The number of carbonyl (C=O) groups is 2. The molecule has 1 atom stereocenters. The third-order valence-corrected chi connectivity index (χ3v) is 4.69. The third-order valence-electron chi connectivity index (χ3n) is 4.69. The molecule has 0 fully saturated rings. The molecule has 30 heavy (non-hydrogen) atoms. The molecule has 150 valence electrons. The molecule has 0 aliphatic rings. The van der Waals surface area contributed by atoms with Crippen LogP contribution in [0.15, 0.2) is 67.0 Å². The summed E-state index contributed by atoms with van der Waals surface area (Å²) >= 11 is 0. The number of hydrogen-bond donors (Lipinski definition) is 3. The molecule has 0 aliphatic heterocycles. The molecule has 2 heterocycles. The maximum atomic E-state index is 13.4. The summed E-state index contributed by atoms with van der Waals surface area (Å²) in [5.41, 5.74) is 8.29. The number of nitrogens with two attached hydrogens (primary N) is 1. The van der Waals surface area contributed by atoms with Crippen LogP contribution in [0.1, 0.15) is 15.9 Å². The summed E-state index contributed by atoms with van der Waals surface area (Å²) in [6.07, 6.45) is 3.39. The van der Waals surface area contributed by atoms with Gasteiger partial charge in [0.25, 0.3) is 5.91 Å². The number of primary amides is 1. The van der Waals surface area contributed by atoms with Crippen LogP contribution in [-0.2, 0) is 11.2 Å². The van der Waals surface area contributed by atoms with Crippen molar-refractivity contribution in [3.63, 3.8) is 0 Å². The molecule has 2 amide bonds. The first-order valence-corrected chi connectivity index (χ1v) is 9.25. The van der Waals surface area contributed by atoms with E-state index in [1.165, 1.54) is 18.2 Å². The number of hydrogen-bond acceptors (Lipinski definition) is 4.